The highest BCUT2D eigenvalue weighted by molar-refractivity contribution is 8.00. The number of benzene rings is 1. The summed E-state index contributed by atoms with van der Waals surface area (Å²) in [6.07, 6.45) is 1.42. The number of rotatable bonds is 6. The minimum absolute atomic E-state index is 0.0874. The van der Waals surface area contributed by atoms with Gasteiger partial charge in [-0.15, -0.1) is 0 Å². The van der Waals surface area contributed by atoms with Crippen LogP contribution in [0, 0.1) is 0 Å². The number of anilines is 1. The molecule has 0 spiro atoms. The van der Waals surface area contributed by atoms with Gasteiger partial charge in [0, 0.05) is 5.69 Å². The van der Waals surface area contributed by atoms with Crippen LogP contribution in [-0.2, 0) is 4.79 Å². The molecule has 0 aliphatic heterocycles. The quantitative estimate of drug-likeness (QED) is 0.799. The Kier molecular flexibility index (Phi) is 5.00. The van der Waals surface area contributed by atoms with Gasteiger partial charge in [-0.1, -0.05) is 11.8 Å². The Balaban J connectivity index is 1.90. The van der Waals surface area contributed by atoms with Gasteiger partial charge in [0.05, 0.1) is 11.9 Å². The molecule has 20 heavy (non-hydrogen) atoms. The van der Waals surface area contributed by atoms with Crippen molar-refractivity contribution in [3.63, 3.8) is 0 Å². The average molecular weight is 292 g/mol. The number of thioether (sulfide) groups is 1. The third-order valence-electron chi connectivity index (χ3n) is 2.48. The molecular weight excluding hydrogens is 276 g/mol. The third kappa shape index (κ3) is 3.99. The highest BCUT2D eigenvalue weighted by atomic mass is 32.2. The Hall–Kier alpha value is -2.02. The van der Waals surface area contributed by atoms with Crippen molar-refractivity contribution >= 4 is 23.4 Å². The Bertz CT molecular complexity index is 542. The maximum absolute atomic E-state index is 12.0. The first kappa shape index (κ1) is 14.4. The van der Waals surface area contributed by atoms with Crippen molar-refractivity contribution in [2.75, 3.05) is 11.9 Å². The van der Waals surface area contributed by atoms with Gasteiger partial charge in [-0.3, -0.25) is 9.89 Å². The first-order valence-electron chi connectivity index (χ1n) is 6.24. The summed E-state index contributed by atoms with van der Waals surface area (Å²) in [4.78, 5) is 16.0. The summed E-state index contributed by atoms with van der Waals surface area (Å²) < 4.78 is 5.35. The lowest BCUT2D eigenvalue weighted by molar-refractivity contribution is -0.115. The number of nitrogens with zero attached hydrogens (tertiary/aromatic N) is 2. The van der Waals surface area contributed by atoms with Gasteiger partial charge in [-0.2, -0.15) is 5.10 Å². The predicted molar refractivity (Wildman–Crippen MR) is 77.9 cm³/mol. The second-order valence-corrected chi connectivity index (χ2v) is 5.33. The normalized spacial score (nSPS) is 11.9. The molecule has 2 rings (SSSR count). The number of carbonyl (C=O) groups is 1. The molecule has 0 radical (unpaired) electrons. The predicted octanol–water partition coefficient (Wildman–Crippen LogP) is 2.32. The summed E-state index contributed by atoms with van der Waals surface area (Å²) in [5, 5.41) is 9.66. The maximum Gasteiger partial charge on any atom is 0.237 e. The van der Waals surface area contributed by atoms with Gasteiger partial charge in [0.1, 0.15) is 12.1 Å². The number of ether oxygens (including phenoxy) is 1. The van der Waals surface area contributed by atoms with Crippen LogP contribution in [-0.4, -0.2) is 32.9 Å². The van der Waals surface area contributed by atoms with Gasteiger partial charge >= 0.3 is 0 Å². The van der Waals surface area contributed by atoms with E-state index in [1.54, 1.807) is 0 Å². The summed E-state index contributed by atoms with van der Waals surface area (Å²) in [5.41, 5.74) is 0.739. The fourth-order valence-electron chi connectivity index (χ4n) is 1.52. The smallest absolute Gasteiger partial charge is 0.237 e. The molecule has 0 saturated carbocycles. The van der Waals surface area contributed by atoms with Crippen molar-refractivity contribution in [3.8, 4) is 5.75 Å². The van der Waals surface area contributed by atoms with Crippen LogP contribution < -0.4 is 10.1 Å². The van der Waals surface area contributed by atoms with E-state index in [9.17, 15) is 4.79 Å². The average Bonchev–Trinajstić information content (AvgIpc) is 2.94. The van der Waals surface area contributed by atoms with Crippen molar-refractivity contribution in [2.45, 2.75) is 24.3 Å². The zero-order valence-electron chi connectivity index (χ0n) is 11.3. The van der Waals surface area contributed by atoms with Crippen LogP contribution in [0.2, 0.25) is 0 Å². The number of amides is 1. The van der Waals surface area contributed by atoms with Crippen LogP contribution in [0.25, 0.3) is 0 Å². The minimum Gasteiger partial charge on any atom is -0.494 e. The van der Waals surface area contributed by atoms with Gasteiger partial charge in [0.25, 0.3) is 0 Å². The van der Waals surface area contributed by atoms with E-state index in [2.05, 4.69) is 20.5 Å². The van der Waals surface area contributed by atoms with Crippen molar-refractivity contribution in [2.24, 2.45) is 0 Å². The van der Waals surface area contributed by atoms with Crippen LogP contribution in [0.5, 0.6) is 5.75 Å². The molecule has 1 amide bonds. The lowest BCUT2D eigenvalue weighted by Crippen LogP contribution is -2.22. The second kappa shape index (κ2) is 6.95. The minimum atomic E-state index is -0.269. The molecule has 1 aromatic heterocycles. The third-order valence-corrected chi connectivity index (χ3v) is 3.47. The molecule has 1 heterocycles. The number of carbonyl (C=O) groups excluding carboxylic acids is 1. The van der Waals surface area contributed by atoms with Gasteiger partial charge in [-0.25, -0.2) is 4.98 Å². The Morgan fingerprint density at radius 2 is 2.20 bits per heavy atom. The number of H-pyrrole nitrogens is 1. The van der Waals surface area contributed by atoms with Crippen LogP contribution in [0.4, 0.5) is 5.69 Å². The zero-order chi connectivity index (χ0) is 14.4. The second-order valence-electron chi connectivity index (χ2n) is 4.00. The first-order chi connectivity index (χ1) is 9.69. The van der Waals surface area contributed by atoms with Crippen molar-refractivity contribution in [3.05, 3.63) is 30.6 Å². The van der Waals surface area contributed by atoms with Crippen LogP contribution in [0.15, 0.2) is 35.7 Å². The summed E-state index contributed by atoms with van der Waals surface area (Å²) in [6.45, 7) is 4.37. The van der Waals surface area contributed by atoms with E-state index < -0.39 is 0 Å². The topological polar surface area (TPSA) is 79.9 Å². The molecule has 0 bridgehead atoms. The fraction of sp³-hybridized carbons (Fsp3) is 0.308. The van der Waals surface area contributed by atoms with E-state index >= 15 is 0 Å². The molecule has 6 nitrogen and oxygen atoms in total. The van der Waals surface area contributed by atoms with E-state index in [0.29, 0.717) is 11.8 Å². The van der Waals surface area contributed by atoms with Gasteiger partial charge < -0.3 is 10.1 Å². The van der Waals surface area contributed by atoms with E-state index in [1.807, 2.05) is 38.1 Å². The van der Waals surface area contributed by atoms with E-state index in [0.717, 1.165) is 11.4 Å². The van der Waals surface area contributed by atoms with Gasteiger partial charge in [-0.05, 0) is 38.1 Å². The lowest BCUT2D eigenvalue weighted by atomic mass is 10.3. The number of aromatic amines is 1. The molecule has 0 unspecified atom stereocenters. The standard InChI is InChI=1S/C13H16N4O2S/c1-3-19-11-6-4-10(5-7-11)16-12(18)9(2)20-13-14-8-15-17-13/h4-9H,3H2,1-2H3,(H,16,18)(H,14,15,17)/t9-/m1/s1. The summed E-state index contributed by atoms with van der Waals surface area (Å²) in [7, 11) is 0. The lowest BCUT2D eigenvalue weighted by Gasteiger charge is -2.11. The highest BCUT2D eigenvalue weighted by Gasteiger charge is 2.15. The Morgan fingerprint density at radius 1 is 1.45 bits per heavy atom. The highest BCUT2D eigenvalue weighted by Crippen LogP contribution is 2.21. The first-order valence-corrected chi connectivity index (χ1v) is 7.12. The molecule has 106 valence electrons. The van der Waals surface area contributed by atoms with Gasteiger partial charge in [0.15, 0.2) is 5.16 Å². The summed E-state index contributed by atoms with van der Waals surface area (Å²) in [6, 6.07) is 7.28. The van der Waals surface area contributed by atoms with E-state index in [4.69, 9.17) is 4.74 Å². The summed E-state index contributed by atoms with van der Waals surface area (Å²) >= 11 is 1.32. The fourth-order valence-corrected chi connectivity index (χ4v) is 2.23. The molecule has 0 aliphatic carbocycles. The SMILES string of the molecule is CCOc1ccc(NC(=O)[C@@H](C)Sc2ncn[nH]2)cc1. The van der Waals surface area contributed by atoms with Crippen LogP contribution >= 0.6 is 11.8 Å². The number of hydrogen-bond acceptors (Lipinski definition) is 5. The number of aromatic nitrogens is 3. The van der Waals surface area contributed by atoms with Crippen LogP contribution in [0.1, 0.15) is 13.8 Å². The number of nitrogens with one attached hydrogen (secondary N) is 2. The van der Waals surface area contributed by atoms with Crippen molar-refractivity contribution in [1.29, 1.82) is 0 Å². The molecule has 0 saturated heterocycles. The molecular formula is C13H16N4O2S. The Labute approximate surface area is 121 Å². The largest absolute Gasteiger partial charge is 0.494 e. The molecule has 0 fully saturated rings. The molecule has 1 aromatic carbocycles. The van der Waals surface area contributed by atoms with E-state index in [-0.39, 0.29) is 11.2 Å². The molecule has 2 N–H and O–H groups in total. The monoisotopic (exact) mass is 292 g/mol. The molecule has 0 aliphatic rings. The molecule has 2 aromatic rings. The van der Waals surface area contributed by atoms with Crippen molar-refractivity contribution in [1.82, 2.24) is 15.2 Å². The van der Waals surface area contributed by atoms with E-state index in [1.165, 1.54) is 18.1 Å². The Morgan fingerprint density at radius 3 is 2.80 bits per heavy atom. The maximum atomic E-state index is 12.0. The number of hydrogen-bond donors (Lipinski definition) is 2. The molecule has 7 heteroatoms. The zero-order valence-corrected chi connectivity index (χ0v) is 12.1. The molecule has 1 atom stereocenters. The van der Waals surface area contributed by atoms with Crippen LogP contribution in [0.3, 0.4) is 0 Å². The van der Waals surface area contributed by atoms with Gasteiger partial charge in [0.2, 0.25) is 5.91 Å². The summed E-state index contributed by atoms with van der Waals surface area (Å²) in [5.74, 6) is 0.699. The van der Waals surface area contributed by atoms with Crippen molar-refractivity contribution < 1.29 is 9.53 Å².